The van der Waals surface area contributed by atoms with Crippen LogP contribution >= 0.6 is 0 Å². The number of aryl methyl sites for hydroxylation is 2. The van der Waals surface area contributed by atoms with E-state index in [0.717, 1.165) is 5.39 Å². The van der Waals surface area contributed by atoms with Gasteiger partial charge in [0.15, 0.2) is 5.76 Å². The molecular weight excluding hydrogens is 412 g/mol. The second-order valence-corrected chi connectivity index (χ2v) is 7.21. The molecule has 8 nitrogen and oxygen atoms in total. The van der Waals surface area contributed by atoms with Crippen molar-refractivity contribution in [3.05, 3.63) is 71.2 Å². The van der Waals surface area contributed by atoms with E-state index in [9.17, 15) is 9.59 Å². The highest BCUT2D eigenvalue weighted by atomic mass is 16.5. The van der Waals surface area contributed by atoms with Gasteiger partial charge in [-0.3, -0.25) is 9.59 Å². The maximum Gasteiger partial charge on any atom is 0.254 e. The van der Waals surface area contributed by atoms with Crippen LogP contribution in [-0.4, -0.2) is 31.1 Å². The molecular formula is C24H22N2O6. The average molecular weight is 434 g/mol. The molecule has 0 unspecified atom stereocenters. The molecule has 0 atom stereocenters. The molecule has 1 N–H and O–H groups in total. The van der Waals surface area contributed by atoms with Gasteiger partial charge in [-0.15, -0.1) is 0 Å². The number of nitrogens with one attached hydrogen (secondary N) is 1. The molecule has 0 bridgehead atoms. The third kappa shape index (κ3) is 4.34. The lowest BCUT2D eigenvalue weighted by Crippen LogP contribution is -2.12. The molecule has 164 valence electrons. The second-order valence-electron chi connectivity index (χ2n) is 7.21. The van der Waals surface area contributed by atoms with Crippen molar-refractivity contribution in [2.75, 3.05) is 19.5 Å². The molecule has 1 amide bonds. The Bertz CT molecular complexity index is 1270. The van der Waals surface area contributed by atoms with Gasteiger partial charge in [0.1, 0.15) is 17.1 Å². The fraction of sp³-hybridized carbons (Fsp3) is 0.208. The van der Waals surface area contributed by atoms with Crippen LogP contribution in [0.15, 0.2) is 57.5 Å². The lowest BCUT2D eigenvalue weighted by atomic mass is 10.0. The Labute approximate surface area is 184 Å². The Morgan fingerprint density at radius 2 is 1.81 bits per heavy atom. The van der Waals surface area contributed by atoms with Crippen LogP contribution in [-0.2, 0) is 11.2 Å². The number of hydrogen-bond acceptors (Lipinski definition) is 7. The minimum atomic E-state index is -0.213. The summed E-state index contributed by atoms with van der Waals surface area (Å²) in [6, 6.07) is 13.8. The summed E-state index contributed by atoms with van der Waals surface area (Å²) in [6.07, 6.45) is 0.623. The lowest BCUT2D eigenvalue weighted by Gasteiger charge is -2.04. The van der Waals surface area contributed by atoms with Crippen LogP contribution in [0.1, 0.15) is 33.9 Å². The van der Waals surface area contributed by atoms with Crippen molar-refractivity contribution in [1.82, 2.24) is 5.16 Å². The second kappa shape index (κ2) is 8.97. The number of ketones is 1. The van der Waals surface area contributed by atoms with Crippen LogP contribution in [0.2, 0.25) is 0 Å². The summed E-state index contributed by atoms with van der Waals surface area (Å²) in [4.78, 5) is 25.3. The van der Waals surface area contributed by atoms with Gasteiger partial charge in [0.2, 0.25) is 11.7 Å². The quantitative estimate of drug-likeness (QED) is 0.406. The smallest absolute Gasteiger partial charge is 0.254 e. The van der Waals surface area contributed by atoms with Crippen molar-refractivity contribution in [3.8, 4) is 11.6 Å². The molecule has 32 heavy (non-hydrogen) atoms. The number of aromatic nitrogens is 1. The van der Waals surface area contributed by atoms with Gasteiger partial charge < -0.3 is 23.7 Å². The minimum Gasteiger partial charge on any atom is -0.497 e. The first-order valence-corrected chi connectivity index (χ1v) is 10.00. The standard InChI is InChI=1S/C24H22N2O6/c1-14-19-12-16(25-21(27)11-9-18-13-22(30-3)26-32-18)6-10-20(19)31-24(14)23(28)15-4-7-17(29-2)8-5-15/h4-8,10,12-13H,9,11H2,1-3H3,(H,25,27). The summed E-state index contributed by atoms with van der Waals surface area (Å²) < 4.78 is 21.0. The summed E-state index contributed by atoms with van der Waals surface area (Å²) in [5.41, 5.74) is 2.41. The molecule has 0 fully saturated rings. The summed E-state index contributed by atoms with van der Waals surface area (Å²) in [5.74, 6) is 1.50. The van der Waals surface area contributed by atoms with Crippen LogP contribution in [0.25, 0.3) is 11.0 Å². The fourth-order valence-corrected chi connectivity index (χ4v) is 3.36. The van der Waals surface area contributed by atoms with Crippen LogP contribution < -0.4 is 14.8 Å². The van der Waals surface area contributed by atoms with Gasteiger partial charge >= 0.3 is 0 Å². The summed E-state index contributed by atoms with van der Waals surface area (Å²) in [7, 11) is 3.07. The molecule has 2 heterocycles. The van der Waals surface area contributed by atoms with Gasteiger partial charge in [0.25, 0.3) is 5.88 Å². The Morgan fingerprint density at radius 3 is 2.50 bits per heavy atom. The molecule has 0 spiro atoms. The molecule has 8 heteroatoms. The number of fused-ring (bicyclic) bond motifs is 1. The van der Waals surface area contributed by atoms with E-state index in [0.29, 0.717) is 46.2 Å². The number of carbonyl (C=O) groups is 2. The number of methoxy groups -OCH3 is 2. The monoisotopic (exact) mass is 434 g/mol. The van der Waals surface area contributed by atoms with Crippen LogP contribution in [0.5, 0.6) is 11.6 Å². The normalized spacial score (nSPS) is 10.8. The molecule has 0 saturated heterocycles. The Morgan fingerprint density at radius 1 is 1.03 bits per heavy atom. The van der Waals surface area contributed by atoms with Gasteiger partial charge in [-0.1, -0.05) is 0 Å². The zero-order valence-electron chi connectivity index (χ0n) is 17.9. The zero-order valence-corrected chi connectivity index (χ0v) is 17.9. The molecule has 0 aliphatic heterocycles. The highest BCUT2D eigenvalue weighted by Gasteiger charge is 2.20. The van der Waals surface area contributed by atoms with E-state index >= 15 is 0 Å². The van der Waals surface area contributed by atoms with Gasteiger partial charge in [0.05, 0.1) is 14.2 Å². The summed E-state index contributed by atoms with van der Waals surface area (Å²) in [6.45, 7) is 1.82. The molecule has 0 radical (unpaired) electrons. The summed E-state index contributed by atoms with van der Waals surface area (Å²) in [5, 5.41) is 7.34. The number of ether oxygens (including phenoxy) is 2. The first-order chi connectivity index (χ1) is 15.5. The van der Waals surface area contributed by atoms with Crippen molar-refractivity contribution in [2.45, 2.75) is 19.8 Å². The van der Waals surface area contributed by atoms with E-state index in [1.807, 2.05) is 6.92 Å². The fourth-order valence-electron chi connectivity index (χ4n) is 3.36. The predicted molar refractivity (Wildman–Crippen MR) is 117 cm³/mol. The molecule has 2 aromatic carbocycles. The van der Waals surface area contributed by atoms with E-state index in [4.69, 9.17) is 18.4 Å². The SMILES string of the molecule is COc1ccc(C(=O)c2oc3ccc(NC(=O)CCc4cc(OC)no4)cc3c2C)cc1. The third-order valence-corrected chi connectivity index (χ3v) is 5.12. The Hall–Kier alpha value is -4.07. The van der Waals surface area contributed by atoms with Gasteiger partial charge in [-0.05, 0) is 54.5 Å². The van der Waals surface area contributed by atoms with Gasteiger partial charge in [-0.2, -0.15) is 0 Å². The molecule has 4 rings (SSSR count). The largest absolute Gasteiger partial charge is 0.497 e. The number of furan rings is 1. The predicted octanol–water partition coefficient (Wildman–Crippen LogP) is 4.55. The van der Waals surface area contributed by atoms with Crippen molar-refractivity contribution >= 4 is 28.3 Å². The van der Waals surface area contributed by atoms with E-state index in [1.54, 1.807) is 55.6 Å². The average Bonchev–Trinajstić information content (AvgIpc) is 3.41. The van der Waals surface area contributed by atoms with Crippen molar-refractivity contribution in [1.29, 1.82) is 0 Å². The van der Waals surface area contributed by atoms with E-state index in [-0.39, 0.29) is 23.9 Å². The Kier molecular flexibility index (Phi) is 5.93. The minimum absolute atomic E-state index is 0.171. The number of amides is 1. The maximum atomic E-state index is 12.9. The lowest BCUT2D eigenvalue weighted by molar-refractivity contribution is -0.116. The highest BCUT2D eigenvalue weighted by molar-refractivity contribution is 6.10. The Balaban J connectivity index is 1.48. The van der Waals surface area contributed by atoms with Crippen molar-refractivity contribution in [3.63, 3.8) is 0 Å². The number of carbonyl (C=O) groups excluding carboxylic acids is 2. The number of benzene rings is 2. The van der Waals surface area contributed by atoms with Crippen molar-refractivity contribution in [2.24, 2.45) is 0 Å². The topological polar surface area (TPSA) is 104 Å². The number of anilines is 1. The molecule has 0 aliphatic rings. The first kappa shape index (κ1) is 21.2. The summed E-state index contributed by atoms with van der Waals surface area (Å²) >= 11 is 0. The number of rotatable bonds is 8. The molecule has 0 saturated carbocycles. The van der Waals surface area contributed by atoms with Crippen LogP contribution in [0, 0.1) is 6.92 Å². The van der Waals surface area contributed by atoms with Crippen molar-refractivity contribution < 1.29 is 28.0 Å². The number of nitrogens with zero attached hydrogens (tertiary/aromatic N) is 1. The van der Waals surface area contributed by atoms with E-state index < -0.39 is 0 Å². The zero-order chi connectivity index (χ0) is 22.7. The molecule has 4 aromatic rings. The van der Waals surface area contributed by atoms with Gasteiger partial charge in [-0.25, -0.2) is 0 Å². The highest BCUT2D eigenvalue weighted by Crippen LogP contribution is 2.30. The van der Waals surface area contributed by atoms with E-state index in [2.05, 4.69) is 10.5 Å². The first-order valence-electron chi connectivity index (χ1n) is 10.00. The van der Waals surface area contributed by atoms with Gasteiger partial charge in [0, 0.05) is 41.1 Å². The maximum absolute atomic E-state index is 12.9. The van der Waals surface area contributed by atoms with Crippen LogP contribution in [0.3, 0.4) is 0 Å². The van der Waals surface area contributed by atoms with E-state index in [1.165, 1.54) is 7.11 Å². The molecule has 0 aliphatic carbocycles. The van der Waals surface area contributed by atoms with Crippen LogP contribution in [0.4, 0.5) is 5.69 Å². The molecule has 2 aromatic heterocycles. The third-order valence-electron chi connectivity index (χ3n) is 5.12. The number of hydrogen-bond donors (Lipinski definition) is 1.